The van der Waals surface area contributed by atoms with Crippen molar-refractivity contribution in [2.45, 2.75) is 71.5 Å². The van der Waals surface area contributed by atoms with E-state index in [0.717, 1.165) is 42.4 Å². The van der Waals surface area contributed by atoms with E-state index in [0.29, 0.717) is 11.6 Å². The van der Waals surface area contributed by atoms with Crippen molar-refractivity contribution in [3.63, 3.8) is 0 Å². The Balaban J connectivity index is 1.79. The van der Waals surface area contributed by atoms with Crippen LogP contribution in [0.15, 0.2) is 42.5 Å². The standard InChI is InChI=1S/C25H31ClN2O2/c1-17-12-13-20(14-18(17)2)15-24(29)28(16-21-8-4-7-11-23(21)26)19(3)25(30)27-22-9-5-6-10-22/h4,7-8,11-14,19,22H,5-6,9-10,15-16H2,1-3H3,(H,27,30). The molecule has 30 heavy (non-hydrogen) atoms. The Labute approximate surface area is 184 Å². The van der Waals surface area contributed by atoms with Crippen LogP contribution in [0.3, 0.4) is 0 Å². The minimum absolute atomic E-state index is 0.0766. The summed E-state index contributed by atoms with van der Waals surface area (Å²) in [4.78, 5) is 27.9. The summed E-state index contributed by atoms with van der Waals surface area (Å²) < 4.78 is 0. The maximum atomic E-state index is 13.3. The molecule has 0 bridgehead atoms. The van der Waals surface area contributed by atoms with E-state index >= 15 is 0 Å². The van der Waals surface area contributed by atoms with Crippen LogP contribution >= 0.6 is 11.6 Å². The molecule has 1 atom stereocenters. The zero-order valence-electron chi connectivity index (χ0n) is 18.1. The topological polar surface area (TPSA) is 49.4 Å². The van der Waals surface area contributed by atoms with Gasteiger partial charge in [0.2, 0.25) is 11.8 Å². The average molecular weight is 427 g/mol. The number of hydrogen-bond acceptors (Lipinski definition) is 2. The van der Waals surface area contributed by atoms with Gasteiger partial charge in [-0.3, -0.25) is 9.59 Å². The molecule has 1 N–H and O–H groups in total. The quantitative estimate of drug-likeness (QED) is 0.679. The molecule has 2 amide bonds. The van der Waals surface area contributed by atoms with Gasteiger partial charge in [-0.2, -0.15) is 0 Å². The summed E-state index contributed by atoms with van der Waals surface area (Å²) in [7, 11) is 0. The highest BCUT2D eigenvalue weighted by Gasteiger charge is 2.28. The normalized spacial score (nSPS) is 15.1. The van der Waals surface area contributed by atoms with Crippen molar-refractivity contribution < 1.29 is 9.59 Å². The van der Waals surface area contributed by atoms with Gasteiger partial charge in [0, 0.05) is 17.6 Å². The lowest BCUT2D eigenvalue weighted by Crippen LogP contribution is -2.50. The van der Waals surface area contributed by atoms with E-state index in [9.17, 15) is 9.59 Å². The maximum absolute atomic E-state index is 13.3. The first-order chi connectivity index (χ1) is 14.3. The zero-order valence-corrected chi connectivity index (χ0v) is 18.8. The first kappa shape index (κ1) is 22.4. The van der Waals surface area contributed by atoms with Crippen LogP contribution in [-0.4, -0.2) is 28.8 Å². The molecule has 160 valence electrons. The van der Waals surface area contributed by atoms with Crippen LogP contribution in [0.1, 0.15) is 54.9 Å². The first-order valence-corrected chi connectivity index (χ1v) is 11.1. The predicted molar refractivity (Wildman–Crippen MR) is 121 cm³/mol. The molecule has 0 spiro atoms. The van der Waals surface area contributed by atoms with Crippen molar-refractivity contribution >= 4 is 23.4 Å². The number of hydrogen-bond donors (Lipinski definition) is 1. The predicted octanol–water partition coefficient (Wildman–Crippen LogP) is 4.98. The third-order valence-corrected chi connectivity index (χ3v) is 6.46. The highest BCUT2D eigenvalue weighted by atomic mass is 35.5. The van der Waals surface area contributed by atoms with E-state index in [1.807, 2.05) is 49.4 Å². The van der Waals surface area contributed by atoms with E-state index in [-0.39, 0.29) is 24.3 Å². The fourth-order valence-corrected chi connectivity index (χ4v) is 4.17. The molecule has 5 heteroatoms. The number of nitrogens with zero attached hydrogens (tertiary/aromatic N) is 1. The summed E-state index contributed by atoms with van der Waals surface area (Å²) in [5, 5.41) is 3.73. The van der Waals surface area contributed by atoms with Crippen LogP contribution in [0.4, 0.5) is 0 Å². The number of amides is 2. The van der Waals surface area contributed by atoms with Gasteiger partial charge in [0.25, 0.3) is 0 Å². The Kier molecular flexibility index (Phi) is 7.54. The van der Waals surface area contributed by atoms with Gasteiger partial charge < -0.3 is 10.2 Å². The Bertz CT molecular complexity index is 906. The van der Waals surface area contributed by atoms with E-state index in [1.54, 1.807) is 11.8 Å². The number of nitrogens with one attached hydrogen (secondary N) is 1. The molecular weight excluding hydrogens is 396 g/mol. The summed E-state index contributed by atoms with van der Waals surface area (Å²) in [5.41, 5.74) is 4.15. The maximum Gasteiger partial charge on any atom is 0.242 e. The van der Waals surface area contributed by atoms with Crippen LogP contribution in [0, 0.1) is 13.8 Å². The second-order valence-electron chi connectivity index (χ2n) is 8.37. The van der Waals surface area contributed by atoms with Crippen molar-refractivity contribution in [3.05, 3.63) is 69.7 Å². The summed E-state index contributed by atoms with van der Waals surface area (Å²) in [5.74, 6) is -0.172. The SMILES string of the molecule is Cc1ccc(CC(=O)N(Cc2ccccc2Cl)C(C)C(=O)NC2CCCC2)cc1C. The first-order valence-electron chi connectivity index (χ1n) is 10.7. The lowest BCUT2D eigenvalue weighted by Gasteiger charge is -2.30. The Morgan fingerprint density at radius 3 is 2.47 bits per heavy atom. The molecular formula is C25H31ClN2O2. The van der Waals surface area contributed by atoms with Crippen molar-refractivity contribution in [2.75, 3.05) is 0 Å². The van der Waals surface area contributed by atoms with Crippen LogP contribution in [0.5, 0.6) is 0 Å². The molecule has 0 aromatic heterocycles. The monoisotopic (exact) mass is 426 g/mol. The van der Waals surface area contributed by atoms with Gasteiger partial charge in [-0.15, -0.1) is 0 Å². The molecule has 3 rings (SSSR count). The molecule has 1 fully saturated rings. The third kappa shape index (κ3) is 5.63. The fraction of sp³-hybridized carbons (Fsp3) is 0.440. The molecule has 0 saturated heterocycles. The molecule has 1 saturated carbocycles. The Morgan fingerprint density at radius 1 is 1.10 bits per heavy atom. The van der Waals surface area contributed by atoms with Crippen molar-refractivity contribution in [3.8, 4) is 0 Å². The molecule has 0 aliphatic heterocycles. The van der Waals surface area contributed by atoms with Gasteiger partial charge in [-0.1, -0.05) is 60.8 Å². The molecule has 0 heterocycles. The lowest BCUT2D eigenvalue weighted by atomic mass is 10.0. The van der Waals surface area contributed by atoms with Crippen LogP contribution in [-0.2, 0) is 22.6 Å². The molecule has 0 radical (unpaired) electrons. The van der Waals surface area contributed by atoms with E-state index in [2.05, 4.69) is 12.2 Å². The summed E-state index contributed by atoms with van der Waals surface area (Å²) in [6, 6.07) is 13.2. The minimum Gasteiger partial charge on any atom is -0.352 e. The van der Waals surface area contributed by atoms with Crippen LogP contribution in [0.25, 0.3) is 0 Å². The molecule has 1 unspecified atom stereocenters. The summed E-state index contributed by atoms with van der Waals surface area (Å²) in [6.45, 7) is 6.21. The number of rotatable bonds is 7. The van der Waals surface area contributed by atoms with Gasteiger partial charge in [-0.05, 0) is 61.9 Å². The second kappa shape index (κ2) is 10.1. The van der Waals surface area contributed by atoms with Crippen LogP contribution < -0.4 is 5.32 Å². The zero-order chi connectivity index (χ0) is 21.7. The van der Waals surface area contributed by atoms with E-state index in [4.69, 9.17) is 11.6 Å². The van der Waals surface area contributed by atoms with Gasteiger partial charge in [0.05, 0.1) is 6.42 Å². The van der Waals surface area contributed by atoms with Gasteiger partial charge >= 0.3 is 0 Å². The largest absolute Gasteiger partial charge is 0.352 e. The average Bonchev–Trinajstić information content (AvgIpc) is 3.22. The fourth-order valence-electron chi connectivity index (χ4n) is 3.97. The Hall–Kier alpha value is -2.33. The van der Waals surface area contributed by atoms with Crippen molar-refractivity contribution in [2.24, 2.45) is 0 Å². The second-order valence-corrected chi connectivity index (χ2v) is 8.78. The number of aryl methyl sites for hydroxylation is 2. The van der Waals surface area contributed by atoms with Crippen LogP contribution in [0.2, 0.25) is 5.02 Å². The molecule has 1 aliphatic rings. The minimum atomic E-state index is -0.569. The van der Waals surface area contributed by atoms with Crippen molar-refractivity contribution in [1.82, 2.24) is 10.2 Å². The smallest absolute Gasteiger partial charge is 0.242 e. The Morgan fingerprint density at radius 2 is 1.80 bits per heavy atom. The van der Waals surface area contributed by atoms with Crippen molar-refractivity contribution in [1.29, 1.82) is 0 Å². The van der Waals surface area contributed by atoms with Gasteiger partial charge in [0.15, 0.2) is 0 Å². The molecule has 2 aromatic carbocycles. The summed E-state index contributed by atoms with van der Waals surface area (Å²) in [6.07, 6.45) is 4.58. The van der Waals surface area contributed by atoms with Gasteiger partial charge in [0.1, 0.15) is 6.04 Å². The highest BCUT2D eigenvalue weighted by molar-refractivity contribution is 6.31. The third-order valence-electron chi connectivity index (χ3n) is 6.09. The lowest BCUT2D eigenvalue weighted by molar-refractivity contribution is -0.140. The number of benzene rings is 2. The molecule has 1 aliphatic carbocycles. The molecule has 4 nitrogen and oxygen atoms in total. The van der Waals surface area contributed by atoms with Gasteiger partial charge in [-0.25, -0.2) is 0 Å². The number of carbonyl (C=O) groups is 2. The number of halogens is 1. The highest BCUT2D eigenvalue weighted by Crippen LogP contribution is 2.21. The summed E-state index contributed by atoms with van der Waals surface area (Å²) >= 11 is 6.35. The number of carbonyl (C=O) groups excluding carboxylic acids is 2. The molecule has 2 aromatic rings. The van der Waals surface area contributed by atoms with E-state index < -0.39 is 6.04 Å². The van der Waals surface area contributed by atoms with E-state index in [1.165, 1.54) is 5.56 Å².